The molecule has 142 valence electrons. The third-order valence-electron chi connectivity index (χ3n) is 4.03. The Bertz CT molecular complexity index is 464. The van der Waals surface area contributed by atoms with Crippen LogP contribution in [0, 0.1) is 6.92 Å². The zero-order valence-corrected chi connectivity index (χ0v) is 18.0. The molecule has 2 rings (SSSR count). The fraction of sp³-hybridized carbons (Fsp3) is 0.850. The molecule has 4 nitrogen and oxygen atoms in total. The van der Waals surface area contributed by atoms with Crippen molar-refractivity contribution in [2.45, 2.75) is 93.4 Å². The van der Waals surface area contributed by atoms with Crippen LogP contribution >= 0.6 is 0 Å². The predicted molar refractivity (Wildman–Crippen MR) is 105 cm³/mol. The number of aromatic nitrogens is 2. The molecule has 0 N–H and O–H groups in total. The molecule has 0 unspecified atom stereocenters. The Balaban J connectivity index is 0.00000123. The molecule has 1 aliphatic heterocycles. The normalized spacial score (nSPS) is 21.5. The molecule has 0 aromatic carbocycles. The molecule has 0 radical (unpaired) electrons. The Hall–Kier alpha value is -0.870. The average molecular weight is 340 g/mol. The van der Waals surface area contributed by atoms with Gasteiger partial charge in [-0.3, -0.25) is 9.58 Å². The SMILES string of the molecule is CC.CC.Cc1c(C(C)(C)C)c(CN2C[C@@H](C)O[C@@H](C)C2)nn1C. The lowest BCUT2D eigenvalue weighted by atomic mass is 9.85. The summed E-state index contributed by atoms with van der Waals surface area (Å²) in [6, 6.07) is 0. The topological polar surface area (TPSA) is 30.3 Å². The van der Waals surface area contributed by atoms with Crippen molar-refractivity contribution in [2.75, 3.05) is 13.1 Å². The first-order valence-corrected chi connectivity index (χ1v) is 9.59. The number of morpholine rings is 1. The minimum absolute atomic E-state index is 0.136. The van der Waals surface area contributed by atoms with Crippen molar-refractivity contribution in [3.05, 3.63) is 17.0 Å². The van der Waals surface area contributed by atoms with Crippen molar-refractivity contribution >= 4 is 0 Å². The van der Waals surface area contributed by atoms with E-state index in [1.165, 1.54) is 17.0 Å². The second-order valence-corrected chi connectivity index (χ2v) is 7.23. The molecule has 2 atom stereocenters. The molecule has 4 heteroatoms. The summed E-state index contributed by atoms with van der Waals surface area (Å²) in [6.45, 7) is 24.2. The highest BCUT2D eigenvalue weighted by Crippen LogP contribution is 2.29. The van der Waals surface area contributed by atoms with Crippen LogP contribution in [0.5, 0.6) is 0 Å². The average Bonchev–Trinajstić information content (AvgIpc) is 2.76. The van der Waals surface area contributed by atoms with E-state index in [0.717, 1.165) is 19.6 Å². The summed E-state index contributed by atoms with van der Waals surface area (Å²) in [7, 11) is 2.04. The van der Waals surface area contributed by atoms with Gasteiger partial charge in [-0.1, -0.05) is 48.5 Å². The van der Waals surface area contributed by atoms with Crippen LogP contribution in [0.4, 0.5) is 0 Å². The third kappa shape index (κ3) is 6.21. The lowest BCUT2D eigenvalue weighted by molar-refractivity contribution is -0.0708. The molecule has 0 amide bonds. The van der Waals surface area contributed by atoms with Gasteiger partial charge in [-0.15, -0.1) is 0 Å². The molecule has 0 aliphatic carbocycles. The number of hydrogen-bond acceptors (Lipinski definition) is 3. The van der Waals surface area contributed by atoms with E-state index in [9.17, 15) is 0 Å². The van der Waals surface area contributed by atoms with Gasteiger partial charge in [0.05, 0.1) is 17.9 Å². The molecule has 2 heterocycles. The minimum Gasteiger partial charge on any atom is -0.373 e. The van der Waals surface area contributed by atoms with Crippen LogP contribution in [0.1, 0.15) is 79.3 Å². The summed E-state index contributed by atoms with van der Waals surface area (Å²) in [5, 5.41) is 4.75. The van der Waals surface area contributed by atoms with Gasteiger partial charge in [-0.05, 0) is 26.2 Å². The van der Waals surface area contributed by atoms with E-state index in [1.807, 2.05) is 39.4 Å². The van der Waals surface area contributed by atoms with Crippen molar-refractivity contribution in [2.24, 2.45) is 7.05 Å². The van der Waals surface area contributed by atoms with Gasteiger partial charge < -0.3 is 4.74 Å². The number of hydrogen-bond donors (Lipinski definition) is 0. The molecule has 0 saturated carbocycles. The zero-order chi connectivity index (χ0) is 19.1. The standard InChI is InChI=1S/C16H29N3O.2C2H6/c1-11-8-19(9-12(2)20-11)10-14-15(16(4,5)6)13(3)18(7)17-14;2*1-2/h11-12H,8-10H2,1-7H3;2*1-2H3/t11-,12+;;. The van der Waals surface area contributed by atoms with Crippen LogP contribution in [-0.2, 0) is 23.7 Å². The Kier molecular flexibility index (Phi) is 9.83. The van der Waals surface area contributed by atoms with Crippen molar-refractivity contribution in [1.29, 1.82) is 0 Å². The molecule has 1 aromatic rings. The largest absolute Gasteiger partial charge is 0.373 e. The summed E-state index contributed by atoms with van der Waals surface area (Å²) < 4.78 is 7.83. The number of ether oxygens (including phenoxy) is 1. The maximum absolute atomic E-state index is 5.81. The van der Waals surface area contributed by atoms with Gasteiger partial charge in [0.15, 0.2) is 0 Å². The monoisotopic (exact) mass is 339 g/mol. The van der Waals surface area contributed by atoms with E-state index in [4.69, 9.17) is 9.84 Å². The first kappa shape index (κ1) is 23.1. The van der Waals surface area contributed by atoms with E-state index >= 15 is 0 Å². The molecule has 0 spiro atoms. The van der Waals surface area contributed by atoms with Gasteiger partial charge in [0.1, 0.15) is 0 Å². The molecule has 1 aliphatic rings. The van der Waals surface area contributed by atoms with Crippen LogP contribution in [0.2, 0.25) is 0 Å². The summed E-state index contributed by atoms with van der Waals surface area (Å²) in [4.78, 5) is 2.47. The number of aryl methyl sites for hydroxylation is 1. The highest BCUT2D eigenvalue weighted by molar-refractivity contribution is 5.32. The predicted octanol–water partition coefficient (Wildman–Crippen LogP) is 4.69. The quantitative estimate of drug-likeness (QED) is 0.783. The molecule has 0 bridgehead atoms. The number of nitrogens with zero attached hydrogens (tertiary/aromatic N) is 3. The third-order valence-corrected chi connectivity index (χ3v) is 4.03. The van der Waals surface area contributed by atoms with Gasteiger partial charge in [0.25, 0.3) is 0 Å². The first-order chi connectivity index (χ1) is 11.2. The lowest BCUT2D eigenvalue weighted by Gasteiger charge is -2.35. The van der Waals surface area contributed by atoms with Crippen LogP contribution in [-0.4, -0.2) is 40.0 Å². The van der Waals surface area contributed by atoms with Gasteiger partial charge in [-0.25, -0.2) is 0 Å². The fourth-order valence-electron chi connectivity index (χ4n) is 3.39. The fourth-order valence-corrected chi connectivity index (χ4v) is 3.39. The van der Waals surface area contributed by atoms with E-state index in [2.05, 4.69) is 46.4 Å². The molecular weight excluding hydrogens is 298 g/mol. The summed E-state index contributed by atoms with van der Waals surface area (Å²) >= 11 is 0. The van der Waals surface area contributed by atoms with Gasteiger partial charge in [-0.2, -0.15) is 5.10 Å². The Morgan fingerprint density at radius 1 is 1.04 bits per heavy atom. The maximum Gasteiger partial charge on any atom is 0.0804 e. The summed E-state index contributed by atoms with van der Waals surface area (Å²) in [5.41, 5.74) is 4.03. The summed E-state index contributed by atoms with van der Waals surface area (Å²) in [5.74, 6) is 0. The van der Waals surface area contributed by atoms with Crippen LogP contribution < -0.4 is 0 Å². The van der Waals surface area contributed by atoms with Crippen LogP contribution in [0.25, 0.3) is 0 Å². The highest BCUT2D eigenvalue weighted by Gasteiger charge is 2.28. The Morgan fingerprint density at radius 2 is 1.50 bits per heavy atom. The molecule has 1 aromatic heterocycles. The molecular formula is C20H41N3O. The first-order valence-electron chi connectivity index (χ1n) is 9.59. The second kappa shape index (κ2) is 10.2. The van der Waals surface area contributed by atoms with Crippen molar-refractivity contribution < 1.29 is 4.74 Å². The molecule has 1 saturated heterocycles. The van der Waals surface area contributed by atoms with E-state index < -0.39 is 0 Å². The molecule has 24 heavy (non-hydrogen) atoms. The smallest absolute Gasteiger partial charge is 0.0804 e. The van der Waals surface area contributed by atoms with E-state index in [0.29, 0.717) is 12.2 Å². The second-order valence-electron chi connectivity index (χ2n) is 7.23. The van der Waals surface area contributed by atoms with Crippen LogP contribution in [0.3, 0.4) is 0 Å². The summed E-state index contributed by atoms with van der Waals surface area (Å²) in [6.07, 6.45) is 0.614. The lowest BCUT2D eigenvalue weighted by Crippen LogP contribution is -2.45. The Labute approximate surface area is 150 Å². The molecule has 1 fully saturated rings. The van der Waals surface area contributed by atoms with Crippen molar-refractivity contribution in [1.82, 2.24) is 14.7 Å². The van der Waals surface area contributed by atoms with E-state index in [1.54, 1.807) is 0 Å². The maximum atomic E-state index is 5.81. The van der Waals surface area contributed by atoms with Crippen molar-refractivity contribution in [3.63, 3.8) is 0 Å². The zero-order valence-electron chi connectivity index (χ0n) is 18.0. The van der Waals surface area contributed by atoms with Gasteiger partial charge in [0.2, 0.25) is 0 Å². The minimum atomic E-state index is 0.136. The van der Waals surface area contributed by atoms with Gasteiger partial charge in [0, 0.05) is 37.9 Å². The Morgan fingerprint density at radius 3 is 1.92 bits per heavy atom. The van der Waals surface area contributed by atoms with Gasteiger partial charge >= 0.3 is 0 Å². The van der Waals surface area contributed by atoms with Crippen molar-refractivity contribution in [3.8, 4) is 0 Å². The van der Waals surface area contributed by atoms with E-state index in [-0.39, 0.29) is 5.41 Å². The van der Waals surface area contributed by atoms with Crippen LogP contribution in [0.15, 0.2) is 0 Å². The highest BCUT2D eigenvalue weighted by atomic mass is 16.5. The number of rotatable bonds is 2.